The molecular weight excluding hydrogens is 229 g/mol. The number of benzene rings is 1. The Morgan fingerprint density at radius 2 is 1.93 bits per heavy atom. The van der Waals surface area contributed by atoms with Crippen molar-refractivity contribution < 1.29 is 17.9 Å². The number of hydrogen-bond acceptors (Lipinski definition) is 1. The lowest BCUT2D eigenvalue weighted by Crippen LogP contribution is -2.16. The van der Waals surface area contributed by atoms with Gasteiger partial charge < -0.3 is 4.74 Å². The minimum atomic E-state index is -4.43. The van der Waals surface area contributed by atoms with Crippen LogP contribution in [0, 0.1) is 6.92 Å². The molecule has 0 radical (unpaired) electrons. The van der Waals surface area contributed by atoms with Crippen molar-refractivity contribution in [1.82, 2.24) is 0 Å². The average Bonchev–Trinajstić information content (AvgIpc) is 2.15. The van der Waals surface area contributed by atoms with Crippen LogP contribution in [0.3, 0.4) is 0 Å². The van der Waals surface area contributed by atoms with Gasteiger partial charge in [0.1, 0.15) is 5.75 Å². The molecule has 1 unspecified atom stereocenters. The van der Waals surface area contributed by atoms with Gasteiger partial charge in [0.05, 0.1) is 7.11 Å². The average molecular weight is 239 g/mol. The van der Waals surface area contributed by atoms with Gasteiger partial charge in [-0.15, -0.1) is 11.6 Å². The normalized spacial score (nSPS) is 13.7. The maximum atomic E-state index is 12.3. The van der Waals surface area contributed by atoms with Crippen molar-refractivity contribution in [2.24, 2.45) is 0 Å². The fourth-order valence-electron chi connectivity index (χ4n) is 1.24. The van der Waals surface area contributed by atoms with Crippen molar-refractivity contribution in [3.8, 4) is 5.75 Å². The lowest BCUT2D eigenvalue weighted by Gasteiger charge is -2.16. The Morgan fingerprint density at radius 3 is 2.33 bits per heavy atom. The third kappa shape index (κ3) is 2.78. The zero-order chi connectivity index (χ0) is 11.6. The summed E-state index contributed by atoms with van der Waals surface area (Å²) in [7, 11) is 1.45. The molecule has 5 heteroatoms. The highest BCUT2D eigenvalue weighted by Crippen LogP contribution is 2.39. The minimum Gasteiger partial charge on any atom is -0.497 e. The van der Waals surface area contributed by atoms with E-state index in [9.17, 15) is 13.2 Å². The fourth-order valence-corrected chi connectivity index (χ4v) is 1.48. The molecule has 0 N–H and O–H groups in total. The Kier molecular flexibility index (Phi) is 3.50. The maximum absolute atomic E-state index is 12.3. The Morgan fingerprint density at radius 1 is 1.33 bits per heavy atom. The maximum Gasteiger partial charge on any atom is 0.408 e. The van der Waals surface area contributed by atoms with Gasteiger partial charge in [0.2, 0.25) is 0 Å². The number of alkyl halides is 4. The first-order chi connectivity index (χ1) is 6.86. The first-order valence-corrected chi connectivity index (χ1v) is 4.65. The highest BCUT2D eigenvalue weighted by atomic mass is 35.5. The van der Waals surface area contributed by atoms with Gasteiger partial charge in [0, 0.05) is 0 Å². The van der Waals surface area contributed by atoms with Gasteiger partial charge in [-0.1, -0.05) is 6.07 Å². The Labute approximate surface area is 90.8 Å². The molecule has 84 valence electrons. The summed E-state index contributed by atoms with van der Waals surface area (Å²) in [6.07, 6.45) is -4.43. The standard InChI is InChI=1S/C10H10ClF3O/c1-6-5-7(15-2)3-4-8(6)9(11)10(12,13)14/h3-5,9H,1-2H3. The van der Waals surface area contributed by atoms with Crippen LogP contribution < -0.4 is 4.74 Å². The van der Waals surface area contributed by atoms with Gasteiger partial charge in [0.25, 0.3) is 0 Å². The Balaban J connectivity index is 3.06. The summed E-state index contributed by atoms with van der Waals surface area (Å²) >= 11 is 5.32. The molecule has 1 rings (SSSR count). The van der Waals surface area contributed by atoms with Gasteiger partial charge in [-0.25, -0.2) is 0 Å². The lowest BCUT2D eigenvalue weighted by atomic mass is 10.0. The van der Waals surface area contributed by atoms with Crippen molar-refractivity contribution >= 4 is 11.6 Å². The van der Waals surface area contributed by atoms with Gasteiger partial charge >= 0.3 is 6.18 Å². The van der Waals surface area contributed by atoms with Crippen molar-refractivity contribution in [2.75, 3.05) is 7.11 Å². The zero-order valence-electron chi connectivity index (χ0n) is 8.23. The smallest absolute Gasteiger partial charge is 0.408 e. The van der Waals surface area contributed by atoms with Crippen LogP contribution in [-0.4, -0.2) is 13.3 Å². The van der Waals surface area contributed by atoms with E-state index in [1.165, 1.54) is 25.3 Å². The van der Waals surface area contributed by atoms with Crippen LogP contribution in [0.1, 0.15) is 16.5 Å². The molecule has 1 aromatic carbocycles. The summed E-state index contributed by atoms with van der Waals surface area (Å²) in [5.74, 6) is 0.516. The number of rotatable bonds is 2. The molecule has 1 nitrogen and oxygen atoms in total. The van der Waals surface area contributed by atoms with E-state index in [4.69, 9.17) is 16.3 Å². The molecular formula is C10H10ClF3O. The van der Waals surface area contributed by atoms with Gasteiger partial charge in [-0.05, 0) is 30.2 Å². The predicted molar refractivity (Wildman–Crippen MR) is 52.4 cm³/mol. The van der Waals surface area contributed by atoms with Crippen LogP contribution in [-0.2, 0) is 0 Å². The van der Waals surface area contributed by atoms with Crippen molar-refractivity contribution in [3.05, 3.63) is 29.3 Å². The second-order valence-electron chi connectivity index (χ2n) is 3.13. The summed E-state index contributed by atoms with van der Waals surface area (Å²) in [5.41, 5.74) is 0.525. The van der Waals surface area contributed by atoms with Gasteiger partial charge in [-0.2, -0.15) is 13.2 Å². The monoisotopic (exact) mass is 238 g/mol. The molecule has 0 fully saturated rings. The summed E-state index contributed by atoms with van der Waals surface area (Å²) in [6, 6.07) is 4.32. The second-order valence-corrected chi connectivity index (χ2v) is 3.56. The van der Waals surface area contributed by atoms with E-state index in [1.807, 2.05) is 0 Å². The van der Waals surface area contributed by atoms with E-state index < -0.39 is 11.6 Å². The largest absolute Gasteiger partial charge is 0.497 e. The molecule has 0 saturated carbocycles. The van der Waals surface area contributed by atoms with Crippen LogP contribution in [0.25, 0.3) is 0 Å². The summed E-state index contributed by atoms with van der Waals surface area (Å²) < 4.78 is 41.9. The molecule has 15 heavy (non-hydrogen) atoms. The quantitative estimate of drug-likeness (QED) is 0.711. The van der Waals surface area contributed by atoms with Crippen molar-refractivity contribution in [1.29, 1.82) is 0 Å². The molecule has 0 aliphatic rings. The van der Waals surface area contributed by atoms with Crippen LogP contribution in [0.4, 0.5) is 13.2 Å². The minimum absolute atomic E-state index is 0.0602. The van der Waals surface area contributed by atoms with E-state index in [-0.39, 0.29) is 5.56 Å². The number of ether oxygens (including phenoxy) is 1. The fraction of sp³-hybridized carbons (Fsp3) is 0.400. The second kappa shape index (κ2) is 4.31. The highest BCUT2D eigenvalue weighted by molar-refractivity contribution is 6.21. The first-order valence-electron chi connectivity index (χ1n) is 4.21. The van der Waals surface area contributed by atoms with Crippen LogP contribution in [0.2, 0.25) is 0 Å². The van der Waals surface area contributed by atoms with Crippen molar-refractivity contribution in [2.45, 2.75) is 18.5 Å². The van der Waals surface area contributed by atoms with E-state index in [1.54, 1.807) is 6.92 Å². The molecule has 0 aromatic heterocycles. The summed E-state index contributed by atoms with van der Waals surface area (Å²) in [4.78, 5) is 0. The van der Waals surface area contributed by atoms with Crippen LogP contribution in [0.5, 0.6) is 5.75 Å². The third-order valence-electron chi connectivity index (χ3n) is 2.04. The molecule has 1 aromatic rings. The SMILES string of the molecule is COc1ccc(C(Cl)C(F)(F)F)c(C)c1. The van der Waals surface area contributed by atoms with Gasteiger partial charge in [0.15, 0.2) is 5.38 Å². The number of aryl methyl sites for hydroxylation is 1. The molecule has 0 aliphatic heterocycles. The number of halogens is 4. The Hall–Kier alpha value is -0.900. The summed E-state index contributed by atoms with van der Waals surface area (Å²) in [6.45, 7) is 1.57. The zero-order valence-corrected chi connectivity index (χ0v) is 8.99. The lowest BCUT2D eigenvalue weighted by molar-refractivity contribution is -0.131. The first kappa shape index (κ1) is 12.2. The number of hydrogen-bond donors (Lipinski definition) is 0. The molecule has 0 saturated heterocycles. The van der Waals surface area contributed by atoms with E-state index in [0.717, 1.165) is 0 Å². The van der Waals surface area contributed by atoms with Gasteiger partial charge in [-0.3, -0.25) is 0 Å². The molecule has 1 atom stereocenters. The van der Waals surface area contributed by atoms with Crippen LogP contribution >= 0.6 is 11.6 Å². The van der Waals surface area contributed by atoms with E-state index in [0.29, 0.717) is 11.3 Å². The third-order valence-corrected chi connectivity index (χ3v) is 2.52. The van der Waals surface area contributed by atoms with Crippen molar-refractivity contribution in [3.63, 3.8) is 0 Å². The Bertz CT molecular complexity index is 349. The topological polar surface area (TPSA) is 9.23 Å². The highest BCUT2D eigenvalue weighted by Gasteiger charge is 2.39. The summed E-state index contributed by atoms with van der Waals surface area (Å²) in [5, 5.41) is -1.97. The predicted octanol–water partition coefficient (Wildman–Crippen LogP) is 3.85. The van der Waals surface area contributed by atoms with E-state index >= 15 is 0 Å². The molecule has 0 bridgehead atoms. The molecule has 0 spiro atoms. The van der Waals surface area contributed by atoms with E-state index in [2.05, 4.69) is 0 Å². The molecule has 0 heterocycles. The number of methoxy groups -OCH3 is 1. The molecule has 0 amide bonds. The molecule has 0 aliphatic carbocycles. The van der Waals surface area contributed by atoms with Crippen LogP contribution in [0.15, 0.2) is 18.2 Å².